The molecule has 0 unspecified atom stereocenters. The normalized spacial score (nSPS) is 14.5. The van der Waals surface area contributed by atoms with Crippen LogP contribution in [0.1, 0.15) is 16.7 Å². The molecule has 2 aromatic carbocycles. The summed E-state index contributed by atoms with van der Waals surface area (Å²) in [5, 5.41) is 5.66. The predicted molar refractivity (Wildman–Crippen MR) is 117 cm³/mol. The van der Waals surface area contributed by atoms with Crippen molar-refractivity contribution in [2.75, 3.05) is 49.5 Å². The van der Waals surface area contributed by atoms with E-state index >= 15 is 0 Å². The number of hydrogen-bond donors (Lipinski definition) is 3. The van der Waals surface area contributed by atoms with Crippen molar-refractivity contribution < 1.29 is 14.5 Å². The summed E-state index contributed by atoms with van der Waals surface area (Å²) in [6.07, 6.45) is 0. The molecular formula is C23H31N4O2+. The van der Waals surface area contributed by atoms with E-state index in [9.17, 15) is 9.59 Å². The van der Waals surface area contributed by atoms with Gasteiger partial charge in [-0.1, -0.05) is 36.4 Å². The van der Waals surface area contributed by atoms with Crippen LogP contribution in [0.4, 0.5) is 11.4 Å². The quantitative estimate of drug-likeness (QED) is 0.686. The Morgan fingerprint density at radius 3 is 2.17 bits per heavy atom. The zero-order valence-electron chi connectivity index (χ0n) is 17.5. The van der Waals surface area contributed by atoms with Crippen molar-refractivity contribution in [3.05, 3.63) is 59.2 Å². The smallest absolute Gasteiger partial charge is 0.275 e. The number of para-hydroxylation sites is 2. The standard InChI is InChI=1S/C23H30N4O2/c1-17-7-4-5-10-20(17)27-13-11-26(12-14-27)16-22(29)24-15-21(28)25-23-18(2)8-6-9-19(23)3/h4-10H,11-16H2,1-3H3,(H,24,29)(H,25,28)/p+1. The number of quaternary nitrogens is 1. The van der Waals surface area contributed by atoms with Crippen LogP contribution in [0.5, 0.6) is 0 Å². The maximum absolute atomic E-state index is 12.3. The van der Waals surface area contributed by atoms with E-state index in [-0.39, 0.29) is 18.4 Å². The molecule has 3 N–H and O–H groups in total. The highest BCUT2D eigenvalue weighted by molar-refractivity contribution is 5.95. The second-order valence-corrected chi connectivity index (χ2v) is 7.79. The van der Waals surface area contributed by atoms with E-state index in [1.165, 1.54) is 16.2 Å². The predicted octanol–water partition coefficient (Wildman–Crippen LogP) is 1.07. The van der Waals surface area contributed by atoms with Crippen LogP contribution in [0.15, 0.2) is 42.5 Å². The Hall–Kier alpha value is -2.86. The fourth-order valence-corrected chi connectivity index (χ4v) is 3.82. The first-order valence-electron chi connectivity index (χ1n) is 10.2. The summed E-state index contributed by atoms with van der Waals surface area (Å²) in [7, 11) is 0. The van der Waals surface area contributed by atoms with Crippen LogP contribution in [0.25, 0.3) is 0 Å². The number of carbonyl (C=O) groups excluding carboxylic acids is 2. The Bertz CT molecular complexity index is 853. The summed E-state index contributed by atoms with van der Waals surface area (Å²) < 4.78 is 0. The molecule has 6 heteroatoms. The van der Waals surface area contributed by atoms with Gasteiger partial charge >= 0.3 is 0 Å². The Balaban J connectivity index is 1.41. The Kier molecular flexibility index (Phi) is 6.88. The first-order chi connectivity index (χ1) is 13.9. The van der Waals surface area contributed by atoms with Crippen LogP contribution in [-0.4, -0.2) is 51.1 Å². The van der Waals surface area contributed by atoms with E-state index < -0.39 is 0 Å². The molecule has 0 bridgehead atoms. The number of aryl methyl sites for hydroxylation is 3. The molecule has 0 aliphatic carbocycles. The molecule has 0 aromatic heterocycles. The number of benzene rings is 2. The number of rotatable bonds is 6. The van der Waals surface area contributed by atoms with Gasteiger partial charge in [-0.3, -0.25) is 9.59 Å². The third-order valence-electron chi connectivity index (χ3n) is 5.53. The molecule has 1 heterocycles. The van der Waals surface area contributed by atoms with Crippen molar-refractivity contribution in [3.63, 3.8) is 0 Å². The van der Waals surface area contributed by atoms with Crippen molar-refractivity contribution in [2.45, 2.75) is 20.8 Å². The maximum atomic E-state index is 12.3. The van der Waals surface area contributed by atoms with Gasteiger partial charge in [0, 0.05) is 11.4 Å². The largest absolute Gasteiger partial charge is 0.360 e. The van der Waals surface area contributed by atoms with E-state index in [0.29, 0.717) is 6.54 Å². The zero-order valence-corrected chi connectivity index (χ0v) is 17.5. The van der Waals surface area contributed by atoms with Gasteiger partial charge in [-0.15, -0.1) is 0 Å². The van der Waals surface area contributed by atoms with Crippen molar-refractivity contribution >= 4 is 23.2 Å². The molecule has 1 saturated heterocycles. The highest BCUT2D eigenvalue weighted by atomic mass is 16.2. The summed E-state index contributed by atoms with van der Waals surface area (Å²) in [6, 6.07) is 14.3. The number of nitrogens with zero attached hydrogens (tertiary/aromatic N) is 1. The number of nitrogens with one attached hydrogen (secondary N) is 3. The second kappa shape index (κ2) is 9.56. The highest BCUT2D eigenvalue weighted by Gasteiger charge is 2.23. The number of anilines is 2. The van der Waals surface area contributed by atoms with Gasteiger partial charge in [0.05, 0.1) is 32.7 Å². The zero-order chi connectivity index (χ0) is 20.8. The van der Waals surface area contributed by atoms with Crippen molar-refractivity contribution in [1.29, 1.82) is 0 Å². The topological polar surface area (TPSA) is 65.9 Å². The fraction of sp³-hybridized carbons (Fsp3) is 0.391. The fourth-order valence-electron chi connectivity index (χ4n) is 3.82. The van der Waals surface area contributed by atoms with E-state index in [0.717, 1.165) is 43.0 Å². The Morgan fingerprint density at radius 1 is 0.897 bits per heavy atom. The van der Waals surface area contributed by atoms with Crippen LogP contribution < -0.4 is 20.4 Å². The van der Waals surface area contributed by atoms with Gasteiger partial charge in [0.25, 0.3) is 5.91 Å². The lowest BCUT2D eigenvalue weighted by atomic mass is 10.1. The minimum absolute atomic E-state index is 0.00474. The van der Waals surface area contributed by atoms with Gasteiger partial charge in [0.1, 0.15) is 0 Å². The lowest BCUT2D eigenvalue weighted by Crippen LogP contribution is -3.16. The van der Waals surface area contributed by atoms with Crippen LogP contribution in [-0.2, 0) is 9.59 Å². The monoisotopic (exact) mass is 395 g/mol. The number of amides is 2. The lowest BCUT2D eigenvalue weighted by Gasteiger charge is -2.34. The van der Waals surface area contributed by atoms with Crippen molar-refractivity contribution in [1.82, 2.24) is 5.32 Å². The molecule has 1 fully saturated rings. The van der Waals surface area contributed by atoms with Crippen LogP contribution in [0.3, 0.4) is 0 Å². The molecule has 6 nitrogen and oxygen atoms in total. The second-order valence-electron chi connectivity index (χ2n) is 7.79. The molecule has 29 heavy (non-hydrogen) atoms. The average Bonchev–Trinajstić information content (AvgIpc) is 2.70. The molecule has 1 aliphatic heterocycles. The van der Waals surface area contributed by atoms with Crippen LogP contribution in [0.2, 0.25) is 0 Å². The SMILES string of the molecule is Cc1ccccc1N1CC[NH+](CC(=O)NCC(=O)Nc2c(C)cccc2C)CC1. The molecule has 2 aromatic rings. The van der Waals surface area contributed by atoms with E-state index in [1.807, 2.05) is 32.0 Å². The van der Waals surface area contributed by atoms with Crippen molar-refractivity contribution in [3.8, 4) is 0 Å². The molecule has 0 spiro atoms. The molecular weight excluding hydrogens is 364 g/mol. The molecule has 3 rings (SSSR count). The minimum atomic E-state index is -0.199. The number of piperazine rings is 1. The van der Waals surface area contributed by atoms with Gasteiger partial charge in [-0.05, 0) is 43.5 Å². The van der Waals surface area contributed by atoms with Crippen LogP contribution >= 0.6 is 0 Å². The van der Waals surface area contributed by atoms with Crippen LogP contribution in [0, 0.1) is 20.8 Å². The summed E-state index contributed by atoms with van der Waals surface area (Å²) in [5.41, 5.74) is 5.41. The summed E-state index contributed by atoms with van der Waals surface area (Å²) in [6.45, 7) is 10.1. The Labute approximate surface area is 172 Å². The van der Waals surface area contributed by atoms with Crippen molar-refractivity contribution in [2.24, 2.45) is 0 Å². The first kappa shape index (κ1) is 20.9. The Morgan fingerprint density at radius 2 is 1.52 bits per heavy atom. The molecule has 2 amide bonds. The van der Waals surface area contributed by atoms with E-state index in [2.05, 4.69) is 46.7 Å². The average molecular weight is 396 g/mol. The number of hydrogen-bond acceptors (Lipinski definition) is 3. The van der Waals surface area contributed by atoms with Gasteiger partial charge in [-0.25, -0.2) is 0 Å². The highest BCUT2D eigenvalue weighted by Crippen LogP contribution is 2.19. The number of carbonyl (C=O) groups is 2. The van der Waals surface area contributed by atoms with E-state index in [4.69, 9.17) is 0 Å². The summed E-state index contributed by atoms with van der Waals surface area (Å²) in [5.74, 6) is -0.281. The maximum Gasteiger partial charge on any atom is 0.275 e. The summed E-state index contributed by atoms with van der Waals surface area (Å²) >= 11 is 0. The van der Waals surface area contributed by atoms with Gasteiger partial charge in [0.15, 0.2) is 6.54 Å². The molecule has 154 valence electrons. The van der Waals surface area contributed by atoms with E-state index in [1.54, 1.807) is 0 Å². The van der Waals surface area contributed by atoms with Gasteiger partial charge < -0.3 is 20.4 Å². The third kappa shape index (κ3) is 5.57. The third-order valence-corrected chi connectivity index (χ3v) is 5.53. The molecule has 0 radical (unpaired) electrons. The van der Waals surface area contributed by atoms with Gasteiger partial charge in [-0.2, -0.15) is 0 Å². The summed E-state index contributed by atoms with van der Waals surface area (Å²) in [4.78, 5) is 28.1. The molecule has 1 aliphatic rings. The molecule has 0 atom stereocenters. The minimum Gasteiger partial charge on any atom is -0.360 e. The molecule has 0 saturated carbocycles. The lowest BCUT2D eigenvalue weighted by molar-refractivity contribution is -0.892. The van der Waals surface area contributed by atoms with Gasteiger partial charge in [0.2, 0.25) is 5.91 Å². The first-order valence-corrected chi connectivity index (χ1v) is 10.2.